The van der Waals surface area contributed by atoms with Gasteiger partial charge in [-0.3, -0.25) is 0 Å². The lowest BCUT2D eigenvalue weighted by molar-refractivity contribution is -0.0560. The molecule has 0 saturated heterocycles. The molecular formula is C10H13F2NO. The number of alkyl halides is 2. The van der Waals surface area contributed by atoms with Crippen LogP contribution in [0.25, 0.3) is 0 Å². The summed E-state index contributed by atoms with van der Waals surface area (Å²) in [7, 11) is 0. The van der Waals surface area contributed by atoms with E-state index in [0.717, 1.165) is 5.56 Å². The van der Waals surface area contributed by atoms with Gasteiger partial charge < -0.3 is 10.8 Å². The van der Waals surface area contributed by atoms with Crippen LogP contribution in [-0.2, 0) is 5.92 Å². The lowest BCUT2D eigenvalue weighted by atomic mass is 9.98. The van der Waals surface area contributed by atoms with Crippen molar-refractivity contribution in [3.8, 4) is 0 Å². The van der Waals surface area contributed by atoms with Gasteiger partial charge in [0.2, 0.25) is 0 Å². The van der Waals surface area contributed by atoms with Gasteiger partial charge in [-0.05, 0) is 25.0 Å². The number of aryl methyl sites for hydroxylation is 1. The van der Waals surface area contributed by atoms with Crippen molar-refractivity contribution in [2.45, 2.75) is 19.8 Å². The van der Waals surface area contributed by atoms with Gasteiger partial charge in [0.1, 0.15) is 6.61 Å². The fourth-order valence-electron chi connectivity index (χ4n) is 1.35. The van der Waals surface area contributed by atoms with Crippen molar-refractivity contribution in [3.63, 3.8) is 0 Å². The Labute approximate surface area is 81.4 Å². The molecule has 0 bridgehead atoms. The van der Waals surface area contributed by atoms with E-state index in [9.17, 15) is 8.78 Å². The molecule has 2 nitrogen and oxygen atoms in total. The Morgan fingerprint density at radius 2 is 1.93 bits per heavy atom. The van der Waals surface area contributed by atoms with E-state index >= 15 is 0 Å². The van der Waals surface area contributed by atoms with E-state index in [1.165, 1.54) is 19.1 Å². The highest BCUT2D eigenvalue weighted by atomic mass is 19.3. The summed E-state index contributed by atoms with van der Waals surface area (Å²) in [6.07, 6.45) is 0. The van der Waals surface area contributed by atoms with Gasteiger partial charge >= 0.3 is 0 Å². The maximum Gasteiger partial charge on any atom is 0.296 e. The summed E-state index contributed by atoms with van der Waals surface area (Å²) in [6.45, 7) is 2.08. The number of hydrogen-bond acceptors (Lipinski definition) is 2. The monoisotopic (exact) mass is 201 g/mol. The van der Waals surface area contributed by atoms with Gasteiger partial charge in [-0.25, -0.2) is 0 Å². The van der Waals surface area contributed by atoms with Gasteiger partial charge in [0.15, 0.2) is 0 Å². The third-order valence-corrected chi connectivity index (χ3v) is 2.33. The van der Waals surface area contributed by atoms with Gasteiger partial charge in [0, 0.05) is 11.3 Å². The van der Waals surface area contributed by atoms with Crippen molar-refractivity contribution in [2.75, 3.05) is 12.3 Å². The van der Waals surface area contributed by atoms with E-state index < -0.39 is 12.5 Å². The first-order valence-corrected chi connectivity index (χ1v) is 4.25. The predicted octanol–water partition coefficient (Wildman–Crippen LogP) is 1.97. The largest absolute Gasteiger partial charge is 0.398 e. The van der Waals surface area contributed by atoms with Crippen LogP contribution >= 0.6 is 0 Å². The normalized spacial score (nSPS) is 11.8. The van der Waals surface area contributed by atoms with Gasteiger partial charge in [0.25, 0.3) is 5.92 Å². The quantitative estimate of drug-likeness (QED) is 0.718. The molecule has 0 amide bonds. The summed E-state index contributed by atoms with van der Waals surface area (Å²) < 4.78 is 26.3. The highest BCUT2D eigenvalue weighted by Crippen LogP contribution is 2.33. The van der Waals surface area contributed by atoms with Crippen molar-refractivity contribution in [2.24, 2.45) is 0 Å². The number of hydrogen-bond donors (Lipinski definition) is 2. The highest BCUT2D eigenvalue weighted by molar-refractivity contribution is 5.56. The first kappa shape index (κ1) is 10.9. The van der Waals surface area contributed by atoms with E-state index in [-0.39, 0.29) is 5.56 Å². The second-order valence-electron chi connectivity index (χ2n) is 3.33. The van der Waals surface area contributed by atoms with Crippen LogP contribution in [0.3, 0.4) is 0 Å². The van der Waals surface area contributed by atoms with Crippen LogP contribution in [0.5, 0.6) is 0 Å². The second kappa shape index (κ2) is 3.53. The van der Waals surface area contributed by atoms with Crippen LogP contribution in [0.2, 0.25) is 0 Å². The van der Waals surface area contributed by atoms with Crippen molar-refractivity contribution < 1.29 is 13.9 Å². The Balaban J connectivity index is 3.31. The molecule has 3 N–H and O–H groups in total. The molecule has 14 heavy (non-hydrogen) atoms. The molecule has 0 spiro atoms. The zero-order chi connectivity index (χ0) is 10.9. The van der Waals surface area contributed by atoms with Gasteiger partial charge in [-0.2, -0.15) is 8.78 Å². The number of halogens is 2. The lowest BCUT2D eigenvalue weighted by Crippen LogP contribution is -2.20. The van der Waals surface area contributed by atoms with Gasteiger partial charge in [-0.1, -0.05) is 12.1 Å². The summed E-state index contributed by atoms with van der Waals surface area (Å²) in [6, 6.07) is 2.83. The maximum absolute atomic E-state index is 13.2. The molecule has 0 heterocycles. The second-order valence-corrected chi connectivity index (χ2v) is 3.33. The fraction of sp³-hybridized carbons (Fsp3) is 0.400. The number of nitrogen functional groups attached to an aromatic ring is 1. The number of benzene rings is 1. The molecule has 0 atom stereocenters. The third kappa shape index (κ3) is 1.70. The standard InChI is InChI=1S/C10H13F2NO/c1-6-3-4-8(7(2)9(6)13)10(11,12)5-14/h3-4,14H,5,13H2,1-2H3. The van der Waals surface area contributed by atoms with Crippen LogP contribution in [-0.4, -0.2) is 11.7 Å². The smallest absolute Gasteiger partial charge is 0.296 e. The first-order valence-electron chi connectivity index (χ1n) is 4.25. The minimum atomic E-state index is -3.22. The minimum absolute atomic E-state index is 0.205. The van der Waals surface area contributed by atoms with Crippen molar-refractivity contribution in [1.82, 2.24) is 0 Å². The summed E-state index contributed by atoms with van der Waals surface area (Å²) in [5.74, 6) is -3.22. The molecule has 0 radical (unpaired) electrons. The molecule has 0 aromatic heterocycles. The lowest BCUT2D eigenvalue weighted by Gasteiger charge is -2.18. The molecule has 0 unspecified atom stereocenters. The average Bonchev–Trinajstić information content (AvgIpc) is 2.14. The van der Waals surface area contributed by atoms with Crippen molar-refractivity contribution in [1.29, 1.82) is 0 Å². The van der Waals surface area contributed by atoms with Gasteiger partial charge in [-0.15, -0.1) is 0 Å². The predicted molar refractivity (Wildman–Crippen MR) is 51.3 cm³/mol. The Kier molecular flexibility index (Phi) is 2.76. The van der Waals surface area contributed by atoms with Crippen molar-refractivity contribution in [3.05, 3.63) is 28.8 Å². The number of anilines is 1. The molecule has 4 heteroatoms. The highest BCUT2D eigenvalue weighted by Gasteiger charge is 2.32. The molecular weight excluding hydrogens is 188 g/mol. The van der Waals surface area contributed by atoms with E-state index in [0.29, 0.717) is 11.3 Å². The van der Waals surface area contributed by atoms with E-state index in [2.05, 4.69) is 0 Å². The molecule has 1 rings (SSSR count). The van der Waals surface area contributed by atoms with Gasteiger partial charge in [0.05, 0.1) is 0 Å². The van der Waals surface area contributed by atoms with E-state index in [4.69, 9.17) is 10.8 Å². The Morgan fingerprint density at radius 3 is 2.43 bits per heavy atom. The fourth-order valence-corrected chi connectivity index (χ4v) is 1.35. The average molecular weight is 201 g/mol. The Hall–Kier alpha value is -1.16. The number of rotatable bonds is 2. The Bertz CT molecular complexity index is 350. The third-order valence-electron chi connectivity index (χ3n) is 2.33. The molecule has 0 aliphatic heterocycles. The number of nitrogens with two attached hydrogens (primary N) is 1. The summed E-state index contributed by atoms with van der Waals surface area (Å²) >= 11 is 0. The Morgan fingerprint density at radius 1 is 1.36 bits per heavy atom. The number of aliphatic hydroxyl groups is 1. The van der Waals surface area contributed by atoms with Crippen LogP contribution in [0, 0.1) is 13.8 Å². The molecule has 0 aliphatic rings. The topological polar surface area (TPSA) is 46.2 Å². The van der Waals surface area contributed by atoms with Crippen LogP contribution in [0.1, 0.15) is 16.7 Å². The van der Waals surface area contributed by atoms with Crippen LogP contribution in [0.15, 0.2) is 12.1 Å². The minimum Gasteiger partial charge on any atom is -0.398 e. The summed E-state index contributed by atoms with van der Waals surface area (Å²) in [5.41, 5.74) is 6.87. The molecule has 1 aromatic carbocycles. The first-order chi connectivity index (χ1) is 6.40. The molecule has 1 aromatic rings. The molecule has 0 aliphatic carbocycles. The SMILES string of the molecule is Cc1ccc(C(F)(F)CO)c(C)c1N. The van der Waals surface area contributed by atoms with Crippen LogP contribution < -0.4 is 5.73 Å². The number of aliphatic hydroxyl groups excluding tert-OH is 1. The van der Waals surface area contributed by atoms with Crippen LogP contribution in [0.4, 0.5) is 14.5 Å². The maximum atomic E-state index is 13.2. The zero-order valence-corrected chi connectivity index (χ0v) is 8.14. The zero-order valence-electron chi connectivity index (χ0n) is 8.14. The van der Waals surface area contributed by atoms with E-state index in [1.807, 2.05) is 0 Å². The summed E-state index contributed by atoms with van der Waals surface area (Å²) in [5, 5.41) is 8.54. The molecule has 0 saturated carbocycles. The summed E-state index contributed by atoms with van der Waals surface area (Å²) in [4.78, 5) is 0. The molecule has 0 fully saturated rings. The van der Waals surface area contributed by atoms with E-state index in [1.54, 1.807) is 6.92 Å². The van der Waals surface area contributed by atoms with Crippen molar-refractivity contribution >= 4 is 5.69 Å². The molecule has 78 valence electrons.